The molecule has 26 heavy (non-hydrogen) atoms. The highest BCUT2D eigenvalue weighted by molar-refractivity contribution is 7.80. The Kier molecular flexibility index (Phi) is 5.31. The molecule has 5 nitrogen and oxygen atoms in total. The lowest BCUT2D eigenvalue weighted by atomic mass is 10.1. The zero-order valence-electron chi connectivity index (χ0n) is 13.6. The quantitative estimate of drug-likeness (QED) is 0.620. The van der Waals surface area contributed by atoms with Crippen molar-refractivity contribution in [1.82, 2.24) is 4.90 Å². The number of likely N-dealkylation sites (tertiary alicyclic amines) is 1. The number of carbonyl (C=O) groups is 1. The predicted octanol–water partition coefficient (Wildman–Crippen LogP) is 3.19. The van der Waals surface area contributed by atoms with Gasteiger partial charge in [-0.1, -0.05) is 12.2 Å². The lowest BCUT2D eigenvalue weighted by Crippen LogP contribution is -2.40. The number of carboxylic acid groups (broad SMARTS) is 1. The molecule has 144 valence electrons. The molecule has 0 spiro atoms. The van der Waals surface area contributed by atoms with Gasteiger partial charge in [0.25, 0.3) is 5.92 Å². The topological polar surface area (TPSA) is 59.0 Å². The molecule has 11 heteroatoms. The predicted molar refractivity (Wildman–Crippen MR) is 83.9 cm³/mol. The molecule has 0 unspecified atom stereocenters. The van der Waals surface area contributed by atoms with Crippen LogP contribution in [0.5, 0.6) is 11.5 Å². The number of alkyl halides is 5. The number of methoxy groups -OCH3 is 2. The fourth-order valence-corrected chi connectivity index (χ4v) is 3.02. The van der Waals surface area contributed by atoms with Gasteiger partial charge in [-0.2, -0.15) is 13.2 Å². The molecule has 0 radical (unpaired) electrons. The highest BCUT2D eigenvalue weighted by atomic mass is 32.1. The van der Waals surface area contributed by atoms with Crippen LogP contribution in [0.15, 0.2) is 12.1 Å². The van der Waals surface area contributed by atoms with E-state index in [-0.39, 0.29) is 11.3 Å². The summed E-state index contributed by atoms with van der Waals surface area (Å²) in [6.45, 7) is -1.00. The standard InChI is InChI=1S/C15H14F5NO4S/c1-24-10-4-7(3-8(11(10)25-2)15(18,19)20)12(26)21-6-14(16,17)5-9(21)13(22)23/h3-4,9H,5-6H2,1-2H3,(H,22,23)/t9-/m1/s1. The smallest absolute Gasteiger partial charge is 0.420 e. The Morgan fingerprint density at radius 1 is 1.31 bits per heavy atom. The average Bonchev–Trinajstić information content (AvgIpc) is 2.87. The van der Waals surface area contributed by atoms with Gasteiger partial charge in [0.05, 0.1) is 20.8 Å². The van der Waals surface area contributed by atoms with Crippen LogP contribution < -0.4 is 9.47 Å². The third kappa shape index (κ3) is 3.81. The lowest BCUT2D eigenvalue weighted by molar-refractivity contribution is -0.141. The highest BCUT2D eigenvalue weighted by Crippen LogP contribution is 2.43. The number of carboxylic acids is 1. The molecule has 1 fully saturated rings. The molecule has 1 aromatic rings. The van der Waals surface area contributed by atoms with Gasteiger partial charge in [-0.05, 0) is 12.1 Å². The minimum absolute atomic E-state index is 0.270. The molecular formula is C15H14F5NO4S. The van der Waals surface area contributed by atoms with Crippen LogP contribution in [0.3, 0.4) is 0 Å². The van der Waals surface area contributed by atoms with Crippen LogP contribution in [-0.4, -0.2) is 53.7 Å². The second-order valence-corrected chi connectivity index (χ2v) is 5.99. The SMILES string of the molecule is COc1cc(C(=S)N2CC(F)(F)C[C@@H]2C(=O)O)cc(C(F)(F)F)c1OC. The van der Waals surface area contributed by atoms with E-state index in [1.54, 1.807) is 0 Å². The molecule has 0 amide bonds. The molecular weight excluding hydrogens is 385 g/mol. The minimum atomic E-state index is -4.83. The zero-order valence-corrected chi connectivity index (χ0v) is 14.4. The van der Waals surface area contributed by atoms with E-state index in [2.05, 4.69) is 0 Å². The van der Waals surface area contributed by atoms with Gasteiger partial charge >= 0.3 is 12.1 Å². The van der Waals surface area contributed by atoms with Crippen molar-refractivity contribution in [2.45, 2.75) is 24.6 Å². The second kappa shape index (κ2) is 6.86. The first-order chi connectivity index (χ1) is 11.9. The molecule has 0 saturated carbocycles. The maximum Gasteiger partial charge on any atom is 0.420 e. The molecule has 1 saturated heterocycles. The molecule has 2 rings (SSSR count). The molecule has 0 aromatic heterocycles. The molecule has 1 aromatic carbocycles. The fraction of sp³-hybridized carbons (Fsp3) is 0.467. The van der Waals surface area contributed by atoms with Crippen molar-refractivity contribution in [2.24, 2.45) is 0 Å². The third-order valence-corrected chi connectivity index (χ3v) is 4.32. The largest absolute Gasteiger partial charge is 0.493 e. The summed E-state index contributed by atoms with van der Waals surface area (Å²) >= 11 is 5.01. The van der Waals surface area contributed by atoms with Crippen LogP contribution in [0, 0.1) is 0 Å². The van der Waals surface area contributed by atoms with Crippen LogP contribution in [0.2, 0.25) is 0 Å². The van der Waals surface area contributed by atoms with Gasteiger partial charge in [-0.25, -0.2) is 13.6 Å². The van der Waals surface area contributed by atoms with Crippen molar-refractivity contribution in [3.05, 3.63) is 23.3 Å². The van der Waals surface area contributed by atoms with Gasteiger partial charge in [0.15, 0.2) is 11.5 Å². The Balaban J connectivity index is 2.54. The molecule has 1 aliphatic heterocycles. The maximum atomic E-state index is 13.6. The zero-order chi connectivity index (χ0) is 19.9. The normalized spacial score (nSPS) is 19.3. The van der Waals surface area contributed by atoms with E-state index >= 15 is 0 Å². The van der Waals surface area contributed by atoms with E-state index in [1.807, 2.05) is 0 Å². The average molecular weight is 399 g/mol. The Morgan fingerprint density at radius 3 is 2.38 bits per heavy atom. The van der Waals surface area contributed by atoms with Gasteiger partial charge in [-0.3, -0.25) is 0 Å². The number of nitrogens with zero attached hydrogens (tertiary/aromatic N) is 1. The highest BCUT2D eigenvalue weighted by Gasteiger charge is 2.49. The molecule has 1 aliphatic rings. The first kappa shape index (κ1) is 20.1. The van der Waals surface area contributed by atoms with Crippen molar-refractivity contribution in [3.8, 4) is 11.5 Å². The number of hydrogen-bond donors (Lipinski definition) is 1. The van der Waals surface area contributed by atoms with Crippen molar-refractivity contribution in [2.75, 3.05) is 20.8 Å². The van der Waals surface area contributed by atoms with Gasteiger partial charge in [-0.15, -0.1) is 0 Å². The first-order valence-electron chi connectivity index (χ1n) is 7.16. The van der Waals surface area contributed by atoms with E-state index in [0.29, 0.717) is 11.0 Å². The number of halogens is 5. The van der Waals surface area contributed by atoms with Crippen molar-refractivity contribution in [3.63, 3.8) is 0 Å². The second-order valence-electron chi connectivity index (χ2n) is 5.60. The summed E-state index contributed by atoms with van der Waals surface area (Å²) in [7, 11) is 2.13. The van der Waals surface area contributed by atoms with Crippen LogP contribution in [-0.2, 0) is 11.0 Å². The monoisotopic (exact) mass is 399 g/mol. The summed E-state index contributed by atoms with van der Waals surface area (Å²) in [5, 5.41) is 9.12. The van der Waals surface area contributed by atoms with Crippen LogP contribution in [0.25, 0.3) is 0 Å². The van der Waals surface area contributed by atoms with Crippen LogP contribution >= 0.6 is 12.2 Å². The summed E-state index contributed by atoms with van der Waals surface area (Å²) in [6, 6.07) is 0.0742. The van der Waals surface area contributed by atoms with Gasteiger partial charge in [0.2, 0.25) is 0 Å². The molecule has 1 atom stereocenters. The summed E-state index contributed by atoms with van der Waals surface area (Å²) in [5.74, 6) is -5.76. The van der Waals surface area contributed by atoms with E-state index < -0.39 is 53.4 Å². The number of benzene rings is 1. The van der Waals surface area contributed by atoms with E-state index in [1.165, 1.54) is 0 Å². The van der Waals surface area contributed by atoms with Crippen molar-refractivity contribution >= 4 is 23.2 Å². The molecule has 1 heterocycles. The first-order valence-corrected chi connectivity index (χ1v) is 7.57. The Bertz CT molecular complexity index is 737. The van der Waals surface area contributed by atoms with Gasteiger partial charge < -0.3 is 19.5 Å². The number of thiocarbonyl (C=S) groups is 1. The van der Waals surface area contributed by atoms with Crippen LogP contribution in [0.1, 0.15) is 17.5 Å². The Labute approximate surface area is 150 Å². The van der Waals surface area contributed by atoms with Gasteiger partial charge in [0, 0.05) is 12.0 Å². The Hall–Kier alpha value is -2.17. The van der Waals surface area contributed by atoms with Crippen LogP contribution in [0.4, 0.5) is 22.0 Å². The number of ether oxygens (including phenoxy) is 2. The Morgan fingerprint density at radius 2 is 1.92 bits per heavy atom. The number of hydrogen-bond acceptors (Lipinski definition) is 4. The summed E-state index contributed by atoms with van der Waals surface area (Å²) in [4.78, 5) is 11.5. The fourth-order valence-electron chi connectivity index (χ4n) is 2.72. The third-order valence-electron chi connectivity index (χ3n) is 3.85. The number of rotatable bonds is 4. The summed E-state index contributed by atoms with van der Waals surface area (Å²) in [5.41, 5.74) is -1.48. The van der Waals surface area contributed by atoms with E-state index in [0.717, 1.165) is 20.3 Å². The maximum absolute atomic E-state index is 13.6. The van der Waals surface area contributed by atoms with Crippen molar-refractivity contribution in [1.29, 1.82) is 0 Å². The minimum Gasteiger partial charge on any atom is -0.493 e. The molecule has 0 bridgehead atoms. The molecule has 1 N–H and O–H groups in total. The van der Waals surface area contributed by atoms with Crippen molar-refractivity contribution < 1.29 is 41.3 Å². The van der Waals surface area contributed by atoms with Gasteiger partial charge in [0.1, 0.15) is 16.6 Å². The summed E-state index contributed by atoms with van der Waals surface area (Å²) < 4.78 is 76.7. The molecule has 0 aliphatic carbocycles. The summed E-state index contributed by atoms with van der Waals surface area (Å²) in [6.07, 6.45) is -5.81. The lowest BCUT2D eigenvalue weighted by Gasteiger charge is -2.25. The van der Waals surface area contributed by atoms with E-state index in [4.69, 9.17) is 26.8 Å². The number of aliphatic carboxylic acids is 1. The van der Waals surface area contributed by atoms with E-state index in [9.17, 15) is 26.7 Å².